The van der Waals surface area contributed by atoms with Gasteiger partial charge in [-0.25, -0.2) is 4.68 Å². The van der Waals surface area contributed by atoms with E-state index in [1.807, 2.05) is 30.3 Å². The molecule has 1 aliphatic heterocycles. The molecular weight excluding hydrogens is 340 g/mol. The maximum Gasteiger partial charge on any atom is 0.276 e. The van der Waals surface area contributed by atoms with E-state index in [9.17, 15) is 9.59 Å². The Morgan fingerprint density at radius 3 is 2.72 bits per heavy atom. The minimum atomic E-state index is -0.400. The van der Waals surface area contributed by atoms with E-state index in [1.165, 1.54) is 6.07 Å². The molecule has 2 unspecified atom stereocenters. The van der Waals surface area contributed by atoms with Crippen LogP contribution in [0.25, 0.3) is 5.69 Å². The van der Waals surface area contributed by atoms with Crippen molar-refractivity contribution in [1.82, 2.24) is 20.4 Å². The Hall–Kier alpha value is -2.18. The number of benzene rings is 1. The molecule has 1 saturated heterocycles. The average Bonchev–Trinajstić information content (AvgIpc) is 2.58. The first-order valence-corrected chi connectivity index (χ1v) is 8.24. The van der Waals surface area contributed by atoms with E-state index in [0.29, 0.717) is 11.6 Å². The monoisotopic (exact) mass is 362 g/mol. The Bertz CT molecular complexity index is 791. The normalized spacial score (nSPS) is 19.8. The average molecular weight is 363 g/mol. The van der Waals surface area contributed by atoms with Crippen LogP contribution < -0.4 is 16.1 Å². The summed E-state index contributed by atoms with van der Waals surface area (Å²) in [5.74, 6) is -0.0760. The molecule has 0 radical (unpaired) electrons. The van der Waals surface area contributed by atoms with Crippen molar-refractivity contribution in [3.63, 3.8) is 0 Å². The minimum Gasteiger partial charge on any atom is -0.347 e. The summed E-state index contributed by atoms with van der Waals surface area (Å²) in [6, 6.07) is 11.0. The molecule has 0 saturated carbocycles. The van der Waals surface area contributed by atoms with Gasteiger partial charge in [0.05, 0.1) is 5.69 Å². The standard InChI is InChI=1S/C18H22N4O2.ClH/c1-12-11-19-9-8-15(12)20-18(24)17-16(23)10-13(2)22(21-17)14-6-4-3-5-7-14;/h3-7,10,12,15,19H,8-9,11H2,1-2H3,(H,20,24);1H. The zero-order valence-corrected chi connectivity index (χ0v) is 15.2. The van der Waals surface area contributed by atoms with E-state index < -0.39 is 5.91 Å². The molecule has 3 rings (SSSR count). The second kappa shape index (κ2) is 8.27. The van der Waals surface area contributed by atoms with E-state index in [-0.39, 0.29) is 29.6 Å². The van der Waals surface area contributed by atoms with Gasteiger partial charge in [-0.2, -0.15) is 5.10 Å². The number of carbonyl (C=O) groups is 1. The van der Waals surface area contributed by atoms with Crippen LogP contribution in [-0.4, -0.2) is 34.8 Å². The van der Waals surface area contributed by atoms with Gasteiger partial charge >= 0.3 is 0 Å². The number of nitrogens with one attached hydrogen (secondary N) is 2. The molecule has 1 amide bonds. The van der Waals surface area contributed by atoms with Gasteiger partial charge in [0.2, 0.25) is 5.43 Å². The number of rotatable bonds is 3. The fourth-order valence-corrected chi connectivity index (χ4v) is 3.00. The molecular formula is C18H23ClN4O2. The molecule has 1 fully saturated rings. The summed E-state index contributed by atoms with van der Waals surface area (Å²) in [4.78, 5) is 24.8. The Balaban J connectivity index is 0.00000225. The first-order chi connectivity index (χ1) is 11.6. The molecule has 0 spiro atoms. The summed E-state index contributed by atoms with van der Waals surface area (Å²) in [7, 11) is 0. The molecule has 1 aromatic carbocycles. The molecule has 6 nitrogen and oxygen atoms in total. The lowest BCUT2D eigenvalue weighted by Crippen LogP contribution is -2.49. The molecule has 1 aliphatic rings. The molecule has 2 heterocycles. The van der Waals surface area contributed by atoms with Crippen molar-refractivity contribution < 1.29 is 4.79 Å². The van der Waals surface area contributed by atoms with Crippen LogP contribution in [0.3, 0.4) is 0 Å². The number of nitrogens with zero attached hydrogens (tertiary/aromatic N) is 2. The fourth-order valence-electron chi connectivity index (χ4n) is 3.00. The van der Waals surface area contributed by atoms with Crippen LogP contribution in [-0.2, 0) is 0 Å². The number of hydrogen-bond acceptors (Lipinski definition) is 4. The molecule has 7 heteroatoms. The Morgan fingerprint density at radius 2 is 2.04 bits per heavy atom. The third-order valence-electron chi connectivity index (χ3n) is 4.43. The van der Waals surface area contributed by atoms with Crippen molar-refractivity contribution in [2.24, 2.45) is 5.92 Å². The largest absolute Gasteiger partial charge is 0.347 e. The molecule has 25 heavy (non-hydrogen) atoms. The Labute approximate surface area is 153 Å². The second-order valence-electron chi connectivity index (χ2n) is 6.30. The van der Waals surface area contributed by atoms with Crippen molar-refractivity contribution in [3.05, 3.63) is 58.0 Å². The quantitative estimate of drug-likeness (QED) is 0.871. The summed E-state index contributed by atoms with van der Waals surface area (Å²) in [6.07, 6.45) is 0.853. The van der Waals surface area contributed by atoms with Crippen LogP contribution in [0.15, 0.2) is 41.2 Å². The maximum atomic E-state index is 12.6. The maximum absolute atomic E-state index is 12.6. The smallest absolute Gasteiger partial charge is 0.276 e. The fraction of sp³-hybridized carbons (Fsp3) is 0.389. The summed E-state index contributed by atoms with van der Waals surface area (Å²) >= 11 is 0. The van der Waals surface area contributed by atoms with Crippen molar-refractivity contribution in [2.75, 3.05) is 13.1 Å². The number of piperidine rings is 1. The lowest BCUT2D eigenvalue weighted by Gasteiger charge is -2.30. The third kappa shape index (κ3) is 4.27. The van der Waals surface area contributed by atoms with Gasteiger partial charge in [0.15, 0.2) is 5.69 Å². The van der Waals surface area contributed by atoms with Crippen molar-refractivity contribution >= 4 is 18.3 Å². The molecule has 0 bridgehead atoms. The zero-order valence-electron chi connectivity index (χ0n) is 14.4. The van der Waals surface area contributed by atoms with Gasteiger partial charge in [-0.15, -0.1) is 12.4 Å². The molecule has 134 valence electrons. The number of aryl methyl sites for hydroxylation is 1. The molecule has 0 aliphatic carbocycles. The SMILES string of the molecule is Cc1cc(=O)c(C(=O)NC2CCNCC2C)nn1-c1ccccc1.Cl. The van der Waals surface area contributed by atoms with Gasteiger partial charge < -0.3 is 10.6 Å². The number of amides is 1. The van der Waals surface area contributed by atoms with Gasteiger partial charge in [-0.3, -0.25) is 9.59 Å². The van der Waals surface area contributed by atoms with Gasteiger partial charge in [-0.1, -0.05) is 25.1 Å². The highest BCUT2D eigenvalue weighted by molar-refractivity contribution is 5.92. The number of halogens is 1. The first kappa shape index (κ1) is 19.1. The lowest BCUT2D eigenvalue weighted by molar-refractivity contribution is 0.0906. The zero-order chi connectivity index (χ0) is 17.1. The molecule has 2 aromatic rings. The topological polar surface area (TPSA) is 76.0 Å². The molecule has 2 atom stereocenters. The highest BCUT2D eigenvalue weighted by Crippen LogP contribution is 2.11. The number of carbonyl (C=O) groups excluding carboxylic acids is 1. The first-order valence-electron chi connectivity index (χ1n) is 8.24. The molecule has 2 N–H and O–H groups in total. The van der Waals surface area contributed by atoms with Gasteiger partial charge in [0, 0.05) is 17.8 Å². The summed E-state index contributed by atoms with van der Waals surface area (Å²) < 4.78 is 1.63. The summed E-state index contributed by atoms with van der Waals surface area (Å²) in [5, 5.41) is 10.6. The third-order valence-corrected chi connectivity index (χ3v) is 4.43. The van der Waals surface area contributed by atoms with Crippen molar-refractivity contribution in [2.45, 2.75) is 26.3 Å². The highest BCUT2D eigenvalue weighted by Gasteiger charge is 2.25. The van der Waals surface area contributed by atoms with Crippen LogP contribution in [0.4, 0.5) is 0 Å². The van der Waals surface area contributed by atoms with Gasteiger partial charge in [-0.05, 0) is 44.5 Å². The Morgan fingerprint density at radius 1 is 1.32 bits per heavy atom. The van der Waals surface area contributed by atoms with Gasteiger partial charge in [0.1, 0.15) is 0 Å². The highest BCUT2D eigenvalue weighted by atomic mass is 35.5. The molecule has 1 aromatic heterocycles. The van der Waals surface area contributed by atoms with Gasteiger partial charge in [0.25, 0.3) is 5.91 Å². The van der Waals surface area contributed by atoms with Crippen LogP contribution in [0.1, 0.15) is 29.5 Å². The van der Waals surface area contributed by atoms with E-state index in [4.69, 9.17) is 0 Å². The minimum absolute atomic E-state index is 0. The van der Waals surface area contributed by atoms with E-state index in [0.717, 1.165) is 25.2 Å². The van der Waals surface area contributed by atoms with E-state index in [1.54, 1.807) is 11.6 Å². The van der Waals surface area contributed by atoms with E-state index >= 15 is 0 Å². The summed E-state index contributed by atoms with van der Waals surface area (Å²) in [6.45, 7) is 5.62. The summed E-state index contributed by atoms with van der Waals surface area (Å²) in [5.41, 5.74) is 1.10. The second-order valence-corrected chi connectivity index (χ2v) is 6.30. The predicted molar refractivity (Wildman–Crippen MR) is 99.7 cm³/mol. The van der Waals surface area contributed by atoms with Crippen LogP contribution in [0.5, 0.6) is 0 Å². The predicted octanol–water partition coefficient (Wildman–Crippen LogP) is 1.69. The van der Waals surface area contributed by atoms with E-state index in [2.05, 4.69) is 22.7 Å². The van der Waals surface area contributed by atoms with Crippen LogP contribution in [0.2, 0.25) is 0 Å². The van der Waals surface area contributed by atoms with Crippen molar-refractivity contribution in [3.8, 4) is 5.69 Å². The van der Waals surface area contributed by atoms with Crippen molar-refractivity contribution in [1.29, 1.82) is 0 Å². The number of hydrogen-bond donors (Lipinski definition) is 2. The van der Waals surface area contributed by atoms with Crippen LogP contribution >= 0.6 is 12.4 Å². The lowest BCUT2D eigenvalue weighted by atomic mass is 9.95. The number of para-hydroxylation sites is 1. The Kier molecular flexibility index (Phi) is 6.33. The number of aromatic nitrogens is 2. The van der Waals surface area contributed by atoms with Crippen LogP contribution in [0, 0.1) is 12.8 Å².